The predicted molar refractivity (Wildman–Crippen MR) is 105 cm³/mol. The van der Waals surface area contributed by atoms with Crippen LogP contribution in [-0.4, -0.2) is 40.5 Å². The zero-order valence-electron chi connectivity index (χ0n) is 15.4. The number of nitrogens with zero attached hydrogens (tertiary/aromatic N) is 2. The molecule has 3 rings (SSSR count). The van der Waals surface area contributed by atoms with Gasteiger partial charge in [-0.1, -0.05) is 48.0 Å². The van der Waals surface area contributed by atoms with E-state index in [1.807, 2.05) is 0 Å². The average molecular weight is 423 g/mol. The van der Waals surface area contributed by atoms with Crippen molar-refractivity contribution in [1.82, 2.24) is 9.80 Å². The van der Waals surface area contributed by atoms with Crippen molar-refractivity contribution in [2.45, 2.75) is 19.1 Å². The number of piperazine rings is 1. The van der Waals surface area contributed by atoms with Crippen LogP contribution in [0.15, 0.2) is 48.5 Å². The molecule has 1 fully saturated rings. The molecule has 2 aromatic carbocycles. The SMILES string of the molecule is CC(=N)N1CCN(C(=O)c2cccc(C(F)(F)F)c2Cl)C(c2ccccc2)C1=N. The minimum atomic E-state index is -4.69. The Kier molecular flexibility index (Phi) is 5.66. The van der Waals surface area contributed by atoms with Crippen molar-refractivity contribution in [3.63, 3.8) is 0 Å². The first kappa shape index (κ1) is 20.9. The van der Waals surface area contributed by atoms with Gasteiger partial charge in [0.1, 0.15) is 11.9 Å². The fourth-order valence-electron chi connectivity index (χ4n) is 3.36. The topological polar surface area (TPSA) is 71.2 Å². The zero-order valence-corrected chi connectivity index (χ0v) is 16.2. The summed E-state index contributed by atoms with van der Waals surface area (Å²) in [6, 6.07) is 11.1. The lowest BCUT2D eigenvalue weighted by molar-refractivity contribution is -0.137. The number of halogens is 4. The number of amides is 1. The summed E-state index contributed by atoms with van der Waals surface area (Å²) < 4.78 is 39.6. The number of rotatable bonds is 2. The first-order chi connectivity index (χ1) is 13.6. The zero-order chi connectivity index (χ0) is 21.3. The molecule has 0 saturated carbocycles. The quantitative estimate of drug-likeness (QED) is 0.537. The lowest BCUT2D eigenvalue weighted by Gasteiger charge is -2.42. The van der Waals surface area contributed by atoms with Crippen LogP contribution in [0, 0.1) is 10.8 Å². The molecule has 0 aliphatic carbocycles. The molecule has 1 amide bonds. The van der Waals surface area contributed by atoms with Gasteiger partial charge in [-0.2, -0.15) is 13.2 Å². The second-order valence-electron chi connectivity index (χ2n) is 6.60. The van der Waals surface area contributed by atoms with E-state index in [9.17, 15) is 18.0 Å². The molecular weight excluding hydrogens is 405 g/mol. The number of carbonyl (C=O) groups excluding carboxylic acids is 1. The molecule has 1 aliphatic rings. The summed E-state index contributed by atoms with van der Waals surface area (Å²) in [5.41, 5.74) is -0.722. The number of nitrogens with one attached hydrogen (secondary N) is 2. The molecule has 1 heterocycles. The number of alkyl halides is 3. The van der Waals surface area contributed by atoms with E-state index in [4.69, 9.17) is 22.4 Å². The van der Waals surface area contributed by atoms with Crippen LogP contribution in [-0.2, 0) is 6.18 Å². The summed E-state index contributed by atoms with van der Waals surface area (Å²) >= 11 is 5.95. The molecule has 0 aromatic heterocycles. The van der Waals surface area contributed by atoms with Gasteiger partial charge >= 0.3 is 6.18 Å². The third-order valence-electron chi connectivity index (χ3n) is 4.74. The summed E-state index contributed by atoms with van der Waals surface area (Å²) in [4.78, 5) is 16.0. The summed E-state index contributed by atoms with van der Waals surface area (Å²) in [5.74, 6) is -0.534. The third kappa shape index (κ3) is 3.98. The first-order valence-corrected chi connectivity index (χ1v) is 9.13. The van der Waals surface area contributed by atoms with E-state index in [0.29, 0.717) is 5.56 Å². The molecule has 0 radical (unpaired) electrons. The Hall–Kier alpha value is -2.87. The molecule has 152 valence electrons. The van der Waals surface area contributed by atoms with E-state index in [1.54, 1.807) is 30.3 Å². The fourth-order valence-corrected chi connectivity index (χ4v) is 3.68. The maximum absolute atomic E-state index is 13.2. The number of carbonyl (C=O) groups is 1. The minimum absolute atomic E-state index is 0.00592. The van der Waals surface area contributed by atoms with Crippen LogP contribution in [0.2, 0.25) is 5.02 Å². The second-order valence-corrected chi connectivity index (χ2v) is 6.98. The van der Waals surface area contributed by atoms with Gasteiger partial charge in [-0.15, -0.1) is 0 Å². The van der Waals surface area contributed by atoms with Gasteiger partial charge in [-0.05, 0) is 24.6 Å². The monoisotopic (exact) mass is 422 g/mol. The van der Waals surface area contributed by atoms with Crippen LogP contribution in [0.1, 0.15) is 34.5 Å². The molecule has 1 atom stereocenters. The Labute approximate surface area is 170 Å². The van der Waals surface area contributed by atoms with Gasteiger partial charge in [0.25, 0.3) is 5.91 Å². The fraction of sp³-hybridized carbons (Fsp3) is 0.250. The molecule has 0 spiro atoms. The van der Waals surface area contributed by atoms with E-state index < -0.39 is 28.7 Å². The Bertz CT molecular complexity index is 962. The van der Waals surface area contributed by atoms with Gasteiger partial charge in [0.2, 0.25) is 0 Å². The maximum Gasteiger partial charge on any atom is 0.417 e. The molecule has 1 saturated heterocycles. The highest BCUT2D eigenvalue weighted by atomic mass is 35.5. The molecule has 1 unspecified atom stereocenters. The molecule has 0 bridgehead atoms. The highest BCUT2D eigenvalue weighted by molar-refractivity contribution is 6.34. The number of benzene rings is 2. The number of hydrogen-bond acceptors (Lipinski definition) is 3. The average Bonchev–Trinajstić information content (AvgIpc) is 2.66. The molecule has 5 nitrogen and oxygen atoms in total. The van der Waals surface area contributed by atoms with Crippen LogP contribution >= 0.6 is 11.6 Å². The molecule has 29 heavy (non-hydrogen) atoms. The van der Waals surface area contributed by atoms with Crippen LogP contribution < -0.4 is 0 Å². The third-order valence-corrected chi connectivity index (χ3v) is 5.15. The Morgan fingerprint density at radius 3 is 2.34 bits per heavy atom. The lowest BCUT2D eigenvalue weighted by atomic mass is 9.99. The van der Waals surface area contributed by atoms with Crippen molar-refractivity contribution in [3.05, 3.63) is 70.2 Å². The largest absolute Gasteiger partial charge is 0.417 e. The van der Waals surface area contributed by atoms with Crippen LogP contribution in [0.5, 0.6) is 0 Å². The van der Waals surface area contributed by atoms with Gasteiger partial charge in [-0.25, -0.2) is 0 Å². The van der Waals surface area contributed by atoms with E-state index >= 15 is 0 Å². The van der Waals surface area contributed by atoms with Crippen molar-refractivity contribution >= 4 is 29.2 Å². The highest BCUT2D eigenvalue weighted by Gasteiger charge is 2.39. The molecular formula is C20H18ClF3N4O. The van der Waals surface area contributed by atoms with Gasteiger partial charge < -0.3 is 9.80 Å². The van der Waals surface area contributed by atoms with Gasteiger partial charge in [0.05, 0.1) is 22.0 Å². The van der Waals surface area contributed by atoms with Crippen molar-refractivity contribution < 1.29 is 18.0 Å². The van der Waals surface area contributed by atoms with Crippen molar-refractivity contribution in [1.29, 1.82) is 10.8 Å². The van der Waals surface area contributed by atoms with E-state index in [-0.39, 0.29) is 30.3 Å². The first-order valence-electron chi connectivity index (χ1n) is 8.75. The van der Waals surface area contributed by atoms with Crippen molar-refractivity contribution in [2.24, 2.45) is 0 Å². The second kappa shape index (κ2) is 7.87. The summed E-state index contributed by atoms with van der Waals surface area (Å²) in [5, 5.41) is 15.7. The summed E-state index contributed by atoms with van der Waals surface area (Å²) in [6.45, 7) is 1.86. The number of hydrogen-bond donors (Lipinski definition) is 2. The lowest BCUT2D eigenvalue weighted by Crippen LogP contribution is -2.55. The van der Waals surface area contributed by atoms with Crippen molar-refractivity contribution in [2.75, 3.05) is 13.1 Å². The summed E-state index contributed by atoms with van der Waals surface area (Å²) in [6.07, 6.45) is -4.69. The molecule has 9 heteroatoms. The summed E-state index contributed by atoms with van der Waals surface area (Å²) in [7, 11) is 0. The number of amidine groups is 2. The van der Waals surface area contributed by atoms with Crippen LogP contribution in [0.3, 0.4) is 0 Å². The smallest absolute Gasteiger partial charge is 0.323 e. The molecule has 2 aromatic rings. The van der Waals surface area contributed by atoms with E-state index in [2.05, 4.69) is 0 Å². The van der Waals surface area contributed by atoms with Gasteiger partial charge in [0, 0.05) is 13.1 Å². The molecule has 2 N–H and O–H groups in total. The Morgan fingerprint density at radius 2 is 1.76 bits per heavy atom. The van der Waals surface area contributed by atoms with E-state index in [1.165, 1.54) is 22.8 Å². The van der Waals surface area contributed by atoms with Crippen LogP contribution in [0.4, 0.5) is 13.2 Å². The van der Waals surface area contributed by atoms with Gasteiger partial charge in [-0.3, -0.25) is 15.6 Å². The molecule has 1 aliphatic heterocycles. The Balaban J connectivity index is 2.06. The van der Waals surface area contributed by atoms with Crippen molar-refractivity contribution in [3.8, 4) is 0 Å². The Morgan fingerprint density at radius 1 is 1.10 bits per heavy atom. The normalized spacial score (nSPS) is 17.4. The van der Waals surface area contributed by atoms with Gasteiger partial charge in [0.15, 0.2) is 0 Å². The maximum atomic E-state index is 13.2. The standard InChI is InChI=1S/C20H18ClF3N4O/c1-12(25)27-10-11-28(17(18(27)26)13-6-3-2-4-7-13)19(29)14-8-5-9-15(16(14)21)20(22,23)24/h2-9,17,25-26H,10-11H2,1H3. The predicted octanol–water partition coefficient (Wildman–Crippen LogP) is 4.83. The van der Waals surface area contributed by atoms with Crippen LogP contribution in [0.25, 0.3) is 0 Å². The minimum Gasteiger partial charge on any atom is -0.323 e. The highest BCUT2D eigenvalue weighted by Crippen LogP contribution is 2.37. The van der Waals surface area contributed by atoms with E-state index in [0.717, 1.165) is 12.1 Å².